The third-order valence-corrected chi connectivity index (χ3v) is 4.98. The van der Waals surface area contributed by atoms with Crippen molar-refractivity contribution < 1.29 is 14.7 Å². The van der Waals surface area contributed by atoms with Gasteiger partial charge in [0.25, 0.3) is 5.91 Å². The molecule has 3 rings (SSSR count). The van der Waals surface area contributed by atoms with E-state index in [1.807, 2.05) is 0 Å². The second-order valence-electron chi connectivity index (χ2n) is 6.72. The number of β-amino-alcohol motifs (C(OH)–C–C–N with tert-alkyl or cyclic N) is 1. The quantitative estimate of drug-likeness (QED) is 0.848. The number of piperidine rings is 1. The second kappa shape index (κ2) is 7.70. The minimum atomic E-state index is -0.758. The Hall–Kier alpha value is -2.02. The van der Waals surface area contributed by atoms with E-state index in [-0.39, 0.29) is 30.1 Å². The minimum absolute atomic E-state index is 0.125. The zero-order chi connectivity index (χ0) is 16.9. The summed E-state index contributed by atoms with van der Waals surface area (Å²) in [4.78, 5) is 34.0. The van der Waals surface area contributed by atoms with Crippen LogP contribution >= 0.6 is 0 Å². The van der Waals surface area contributed by atoms with Crippen molar-refractivity contribution in [3.05, 3.63) is 24.3 Å². The van der Waals surface area contributed by atoms with E-state index in [4.69, 9.17) is 0 Å². The first kappa shape index (κ1) is 16.8. The summed E-state index contributed by atoms with van der Waals surface area (Å²) in [5.74, 6) is 0.279. The number of amides is 2. The first-order chi connectivity index (χ1) is 11.6. The monoisotopic (exact) mass is 332 g/mol. The van der Waals surface area contributed by atoms with Gasteiger partial charge in [0.15, 0.2) is 0 Å². The Kier molecular flexibility index (Phi) is 5.40. The molecule has 2 atom stereocenters. The number of aliphatic hydroxyl groups is 1. The highest BCUT2D eigenvalue weighted by Gasteiger charge is 2.32. The van der Waals surface area contributed by atoms with Crippen LogP contribution in [0.3, 0.4) is 0 Å². The van der Waals surface area contributed by atoms with Gasteiger partial charge in [-0.1, -0.05) is 12.8 Å². The number of nitrogens with one attached hydrogen (secondary N) is 1. The van der Waals surface area contributed by atoms with Crippen molar-refractivity contribution in [1.82, 2.24) is 20.2 Å². The number of hydrogen-bond donors (Lipinski definition) is 2. The molecule has 1 aliphatic carbocycles. The lowest BCUT2D eigenvalue weighted by atomic mass is 9.99. The highest BCUT2D eigenvalue weighted by Crippen LogP contribution is 2.28. The second-order valence-corrected chi connectivity index (χ2v) is 6.72. The molecule has 7 nitrogen and oxygen atoms in total. The fourth-order valence-electron chi connectivity index (χ4n) is 3.58. The van der Waals surface area contributed by atoms with Gasteiger partial charge in [-0.3, -0.25) is 14.6 Å². The van der Waals surface area contributed by atoms with E-state index in [2.05, 4.69) is 15.3 Å². The van der Waals surface area contributed by atoms with Crippen LogP contribution in [0.25, 0.3) is 0 Å². The van der Waals surface area contributed by atoms with Crippen LogP contribution < -0.4 is 5.32 Å². The molecule has 0 aromatic carbocycles. The maximum Gasteiger partial charge on any atom is 0.271 e. The Morgan fingerprint density at radius 3 is 2.71 bits per heavy atom. The minimum Gasteiger partial charge on any atom is -0.389 e. The van der Waals surface area contributed by atoms with Crippen LogP contribution in [0.1, 0.15) is 49.0 Å². The molecule has 2 unspecified atom stereocenters. The number of carbonyl (C=O) groups excluding carboxylic acids is 2. The Labute approximate surface area is 141 Å². The molecule has 2 aliphatic rings. The van der Waals surface area contributed by atoms with E-state index in [0.717, 1.165) is 12.8 Å². The predicted octanol–water partition coefficient (Wildman–Crippen LogP) is 0.748. The molecular formula is C17H24N4O3. The van der Waals surface area contributed by atoms with Gasteiger partial charge in [0.1, 0.15) is 5.69 Å². The molecule has 1 saturated carbocycles. The first-order valence-corrected chi connectivity index (χ1v) is 8.66. The van der Waals surface area contributed by atoms with Crippen LogP contribution in [0.5, 0.6) is 0 Å². The number of aromatic nitrogens is 2. The summed E-state index contributed by atoms with van der Waals surface area (Å²) in [6, 6.07) is -0.366. The first-order valence-electron chi connectivity index (χ1n) is 8.66. The number of hydrogen-bond acceptors (Lipinski definition) is 5. The molecule has 0 bridgehead atoms. The Morgan fingerprint density at radius 1 is 1.25 bits per heavy atom. The highest BCUT2D eigenvalue weighted by molar-refractivity contribution is 5.92. The van der Waals surface area contributed by atoms with E-state index in [0.29, 0.717) is 25.3 Å². The molecule has 1 aromatic heterocycles. The highest BCUT2D eigenvalue weighted by atomic mass is 16.3. The van der Waals surface area contributed by atoms with Gasteiger partial charge in [-0.05, 0) is 25.2 Å². The van der Waals surface area contributed by atoms with Crippen LogP contribution in [0, 0.1) is 5.92 Å². The lowest BCUT2D eigenvalue weighted by Crippen LogP contribution is -2.55. The molecule has 2 amide bonds. The summed E-state index contributed by atoms with van der Waals surface area (Å²) in [6.07, 6.45) is 9.43. The van der Waals surface area contributed by atoms with Crippen LogP contribution in [0.15, 0.2) is 18.6 Å². The molecule has 1 aromatic rings. The molecular weight excluding hydrogens is 308 g/mol. The predicted molar refractivity (Wildman–Crippen MR) is 87.1 cm³/mol. The van der Waals surface area contributed by atoms with Crippen LogP contribution in [0.4, 0.5) is 0 Å². The number of nitrogens with zero attached hydrogens (tertiary/aromatic N) is 3. The number of likely N-dealkylation sites (tertiary alicyclic amines) is 1. The summed E-state index contributed by atoms with van der Waals surface area (Å²) in [7, 11) is 0. The molecule has 0 spiro atoms. The van der Waals surface area contributed by atoms with E-state index >= 15 is 0 Å². The van der Waals surface area contributed by atoms with Gasteiger partial charge in [0.05, 0.1) is 18.3 Å². The largest absolute Gasteiger partial charge is 0.389 e. The number of carbonyl (C=O) groups is 2. The van der Waals surface area contributed by atoms with Crippen molar-refractivity contribution in [2.45, 2.75) is 50.7 Å². The van der Waals surface area contributed by atoms with Crippen molar-refractivity contribution in [3.63, 3.8) is 0 Å². The van der Waals surface area contributed by atoms with Crippen LogP contribution in [0.2, 0.25) is 0 Å². The van der Waals surface area contributed by atoms with Gasteiger partial charge in [-0.15, -0.1) is 0 Å². The molecule has 0 radical (unpaired) electrons. The summed E-state index contributed by atoms with van der Waals surface area (Å²) < 4.78 is 0. The fraction of sp³-hybridized carbons (Fsp3) is 0.647. The zero-order valence-corrected chi connectivity index (χ0v) is 13.7. The van der Waals surface area contributed by atoms with Crippen molar-refractivity contribution >= 4 is 11.8 Å². The zero-order valence-electron chi connectivity index (χ0n) is 13.7. The van der Waals surface area contributed by atoms with Crippen molar-refractivity contribution in [3.8, 4) is 0 Å². The molecule has 2 heterocycles. The fourth-order valence-corrected chi connectivity index (χ4v) is 3.58. The topological polar surface area (TPSA) is 95.4 Å². The van der Waals surface area contributed by atoms with E-state index in [1.54, 1.807) is 4.90 Å². The molecule has 2 N–H and O–H groups in total. The average molecular weight is 332 g/mol. The van der Waals surface area contributed by atoms with Crippen molar-refractivity contribution in [2.24, 2.45) is 5.92 Å². The van der Waals surface area contributed by atoms with Gasteiger partial charge in [-0.25, -0.2) is 4.98 Å². The molecule has 2 fully saturated rings. The summed E-state index contributed by atoms with van der Waals surface area (Å²) >= 11 is 0. The van der Waals surface area contributed by atoms with Gasteiger partial charge >= 0.3 is 0 Å². The van der Waals surface area contributed by atoms with Gasteiger partial charge in [0.2, 0.25) is 5.91 Å². The van der Waals surface area contributed by atoms with Gasteiger partial charge < -0.3 is 15.3 Å². The average Bonchev–Trinajstić information content (AvgIpc) is 3.10. The molecule has 24 heavy (non-hydrogen) atoms. The SMILES string of the molecule is O=C(NC1CCN(C(=O)CC2CCCC2)CC1O)c1cnccn1. The van der Waals surface area contributed by atoms with Gasteiger partial charge in [0, 0.05) is 31.9 Å². The Morgan fingerprint density at radius 2 is 2.04 bits per heavy atom. The van der Waals surface area contributed by atoms with Crippen molar-refractivity contribution in [2.75, 3.05) is 13.1 Å². The Bertz CT molecular complexity index is 574. The van der Waals surface area contributed by atoms with E-state index in [9.17, 15) is 14.7 Å². The summed E-state index contributed by atoms with van der Waals surface area (Å²) in [5.41, 5.74) is 0.226. The van der Waals surface area contributed by atoms with Crippen molar-refractivity contribution in [1.29, 1.82) is 0 Å². The van der Waals surface area contributed by atoms with Gasteiger partial charge in [-0.2, -0.15) is 0 Å². The molecule has 130 valence electrons. The maximum atomic E-state index is 12.4. The number of aliphatic hydroxyl groups excluding tert-OH is 1. The molecule has 1 aliphatic heterocycles. The van der Waals surface area contributed by atoms with E-state index < -0.39 is 6.10 Å². The summed E-state index contributed by atoms with van der Waals surface area (Å²) in [5, 5.41) is 13.1. The lowest BCUT2D eigenvalue weighted by molar-refractivity contribution is -0.135. The third-order valence-electron chi connectivity index (χ3n) is 4.98. The third kappa shape index (κ3) is 4.08. The molecule has 1 saturated heterocycles. The molecule has 7 heteroatoms. The summed E-state index contributed by atoms with van der Waals surface area (Å²) in [6.45, 7) is 0.838. The lowest BCUT2D eigenvalue weighted by Gasteiger charge is -2.36. The van der Waals surface area contributed by atoms with E-state index in [1.165, 1.54) is 31.4 Å². The standard InChI is InChI=1S/C17H24N4O3/c22-15-11-21(16(23)9-12-3-1-2-4-12)8-5-13(15)20-17(24)14-10-18-6-7-19-14/h6-7,10,12-13,15,22H,1-5,8-9,11H2,(H,20,24). The maximum absolute atomic E-state index is 12.4. The van der Waals surface area contributed by atoms with Crippen LogP contribution in [-0.4, -0.2) is 57.0 Å². The normalized spacial score (nSPS) is 24.8. The number of rotatable bonds is 4. The Balaban J connectivity index is 1.49. The smallest absolute Gasteiger partial charge is 0.271 e. The van der Waals surface area contributed by atoms with Crippen LogP contribution in [-0.2, 0) is 4.79 Å².